The minimum atomic E-state index is -2.99. The molecule has 0 saturated heterocycles. The smallest absolute Gasteiger partial charge is 0.290 e. The molecule has 0 amide bonds. The summed E-state index contributed by atoms with van der Waals surface area (Å²) in [7, 11) is 0. The summed E-state index contributed by atoms with van der Waals surface area (Å²) in [6, 6.07) is 4.13. The average Bonchev–Trinajstić information content (AvgIpc) is 2.04. The lowest BCUT2D eigenvalue weighted by atomic mass is 10.1. The zero-order chi connectivity index (χ0) is 9.90. The first kappa shape index (κ1) is 10.3. The molecule has 72 valence electrons. The van der Waals surface area contributed by atoms with Crippen molar-refractivity contribution >= 4 is 11.6 Å². The van der Waals surface area contributed by atoms with E-state index in [0.717, 1.165) is 0 Å². The standard InChI is InChI=1S/C8H9ClF2N2/c9-7-3-1-2-6(13-7)8(10,11)4-5-12/h1-3H,4-5,12H2. The molecule has 1 aromatic heterocycles. The number of rotatable bonds is 3. The minimum Gasteiger partial charge on any atom is -0.330 e. The molecule has 0 radical (unpaired) electrons. The number of nitrogens with two attached hydrogens (primary N) is 1. The SMILES string of the molecule is NCCC(F)(F)c1cccc(Cl)n1. The molecule has 5 heteroatoms. The molecule has 1 aromatic rings. The van der Waals surface area contributed by atoms with Crippen molar-refractivity contribution in [2.45, 2.75) is 12.3 Å². The highest BCUT2D eigenvalue weighted by Gasteiger charge is 2.31. The summed E-state index contributed by atoms with van der Waals surface area (Å²) in [5, 5.41) is 0.0641. The molecule has 0 aliphatic rings. The monoisotopic (exact) mass is 206 g/mol. The highest BCUT2D eigenvalue weighted by Crippen LogP contribution is 2.29. The van der Waals surface area contributed by atoms with Crippen molar-refractivity contribution < 1.29 is 8.78 Å². The first-order valence-corrected chi connectivity index (χ1v) is 4.15. The number of aromatic nitrogens is 1. The van der Waals surface area contributed by atoms with Gasteiger partial charge in [0.25, 0.3) is 5.92 Å². The van der Waals surface area contributed by atoms with Crippen molar-refractivity contribution in [2.75, 3.05) is 6.54 Å². The number of hydrogen-bond donors (Lipinski definition) is 1. The molecule has 0 atom stereocenters. The third kappa shape index (κ3) is 2.60. The van der Waals surface area contributed by atoms with Crippen LogP contribution < -0.4 is 5.73 Å². The lowest BCUT2D eigenvalue weighted by Crippen LogP contribution is -2.19. The zero-order valence-corrected chi connectivity index (χ0v) is 7.56. The fourth-order valence-electron chi connectivity index (χ4n) is 0.921. The second-order valence-electron chi connectivity index (χ2n) is 2.59. The highest BCUT2D eigenvalue weighted by atomic mass is 35.5. The van der Waals surface area contributed by atoms with Crippen LogP contribution >= 0.6 is 11.6 Å². The predicted molar refractivity (Wildman–Crippen MR) is 46.8 cm³/mol. The highest BCUT2D eigenvalue weighted by molar-refractivity contribution is 6.29. The Balaban J connectivity index is 2.93. The van der Waals surface area contributed by atoms with Gasteiger partial charge < -0.3 is 5.73 Å². The van der Waals surface area contributed by atoms with Crippen LogP contribution in [0, 0.1) is 0 Å². The summed E-state index contributed by atoms with van der Waals surface area (Å²) in [4.78, 5) is 3.52. The van der Waals surface area contributed by atoms with Gasteiger partial charge in [0, 0.05) is 6.42 Å². The van der Waals surface area contributed by atoms with Gasteiger partial charge in [-0.15, -0.1) is 0 Å². The molecule has 13 heavy (non-hydrogen) atoms. The topological polar surface area (TPSA) is 38.9 Å². The van der Waals surface area contributed by atoms with Gasteiger partial charge in [0.1, 0.15) is 10.8 Å². The Morgan fingerprint density at radius 3 is 2.69 bits per heavy atom. The largest absolute Gasteiger partial charge is 0.330 e. The first-order chi connectivity index (χ1) is 6.06. The van der Waals surface area contributed by atoms with Gasteiger partial charge in [-0.25, -0.2) is 4.98 Å². The Labute approximate surface area is 79.7 Å². The van der Waals surface area contributed by atoms with Gasteiger partial charge in [0.15, 0.2) is 0 Å². The molecule has 0 spiro atoms. The van der Waals surface area contributed by atoms with Crippen molar-refractivity contribution in [1.82, 2.24) is 4.98 Å². The minimum absolute atomic E-state index is 0.0641. The molecule has 0 unspecified atom stereocenters. The Bertz CT molecular complexity index is 291. The van der Waals surface area contributed by atoms with E-state index in [1.165, 1.54) is 18.2 Å². The van der Waals surface area contributed by atoms with Crippen LogP contribution in [0.15, 0.2) is 18.2 Å². The van der Waals surface area contributed by atoms with Crippen LogP contribution in [0.2, 0.25) is 5.15 Å². The molecule has 0 aromatic carbocycles. The van der Waals surface area contributed by atoms with Gasteiger partial charge >= 0.3 is 0 Å². The maximum Gasteiger partial charge on any atom is 0.290 e. The molecule has 0 aliphatic heterocycles. The summed E-state index contributed by atoms with van der Waals surface area (Å²) < 4.78 is 26.3. The molecular weight excluding hydrogens is 198 g/mol. The molecule has 1 heterocycles. The fraction of sp³-hybridized carbons (Fsp3) is 0.375. The summed E-state index contributed by atoms with van der Waals surface area (Å²) in [6.07, 6.45) is -0.416. The second-order valence-corrected chi connectivity index (χ2v) is 2.98. The van der Waals surface area contributed by atoms with Crippen LogP contribution in [0.3, 0.4) is 0 Å². The normalized spacial score (nSPS) is 11.7. The Hall–Kier alpha value is -0.740. The molecule has 0 saturated carbocycles. The molecule has 2 nitrogen and oxygen atoms in total. The fourth-order valence-corrected chi connectivity index (χ4v) is 1.09. The molecule has 1 rings (SSSR count). The maximum atomic E-state index is 13.1. The third-order valence-corrected chi connectivity index (χ3v) is 1.76. The molecule has 0 bridgehead atoms. The van der Waals surface area contributed by atoms with Crippen LogP contribution in [0.5, 0.6) is 0 Å². The predicted octanol–water partition coefficient (Wildman–Crippen LogP) is 2.18. The Kier molecular flexibility index (Phi) is 3.17. The third-order valence-electron chi connectivity index (χ3n) is 1.55. The second kappa shape index (κ2) is 3.98. The van der Waals surface area contributed by atoms with Crippen molar-refractivity contribution in [1.29, 1.82) is 0 Å². The van der Waals surface area contributed by atoms with Gasteiger partial charge in [0.05, 0.1) is 0 Å². The van der Waals surface area contributed by atoms with E-state index in [0.29, 0.717) is 0 Å². The summed E-state index contributed by atoms with van der Waals surface area (Å²) in [6.45, 7) is -0.0821. The van der Waals surface area contributed by atoms with Gasteiger partial charge in [-0.05, 0) is 18.7 Å². The lowest BCUT2D eigenvalue weighted by Gasteiger charge is -2.14. The lowest BCUT2D eigenvalue weighted by molar-refractivity contribution is -0.0151. The quantitative estimate of drug-likeness (QED) is 0.770. The Morgan fingerprint density at radius 1 is 1.46 bits per heavy atom. The van der Waals surface area contributed by atoms with Crippen molar-refractivity contribution in [2.24, 2.45) is 5.73 Å². The average molecular weight is 207 g/mol. The molecule has 2 N–H and O–H groups in total. The van der Waals surface area contributed by atoms with E-state index in [1.807, 2.05) is 0 Å². The van der Waals surface area contributed by atoms with Crippen LogP contribution in [-0.2, 0) is 5.92 Å². The van der Waals surface area contributed by atoms with E-state index in [1.54, 1.807) is 0 Å². The van der Waals surface area contributed by atoms with Gasteiger partial charge in [-0.2, -0.15) is 8.78 Å². The zero-order valence-electron chi connectivity index (χ0n) is 6.80. The summed E-state index contributed by atoms with van der Waals surface area (Å²) >= 11 is 5.48. The summed E-state index contributed by atoms with van der Waals surface area (Å²) in [5.74, 6) is -2.99. The molecular formula is C8H9ClF2N2. The summed E-state index contributed by atoms with van der Waals surface area (Å²) in [5.41, 5.74) is 4.72. The van der Waals surface area contributed by atoms with Gasteiger partial charge in [0.2, 0.25) is 0 Å². The number of nitrogens with zero attached hydrogens (tertiary/aromatic N) is 1. The number of hydrogen-bond acceptors (Lipinski definition) is 2. The van der Waals surface area contributed by atoms with E-state index < -0.39 is 12.3 Å². The van der Waals surface area contributed by atoms with E-state index in [2.05, 4.69) is 4.98 Å². The number of alkyl halides is 2. The van der Waals surface area contributed by atoms with Crippen LogP contribution in [-0.4, -0.2) is 11.5 Å². The van der Waals surface area contributed by atoms with E-state index in [4.69, 9.17) is 17.3 Å². The van der Waals surface area contributed by atoms with Crippen LogP contribution in [0.4, 0.5) is 8.78 Å². The Morgan fingerprint density at radius 2 is 2.15 bits per heavy atom. The maximum absolute atomic E-state index is 13.1. The van der Waals surface area contributed by atoms with E-state index in [-0.39, 0.29) is 17.4 Å². The van der Waals surface area contributed by atoms with Crippen molar-refractivity contribution in [3.05, 3.63) is 29.0 Å². The van der Waals surface area contributed by atoms with Crippen molar-refractivity contribution in [3.63, 3.8) is 0 Å². The van der Waals surface area contributed by atoms with Crippen LogP contribution in [0.25, 0.3) is 0 Å². The van der Waals surface area contributed by atoms with Crippen LogP contribution in [0.1, 0.15) is 12.1 Å². The van der Waals surface area contributed by atoms with E-state index >= 15 is 0 Å². The van der Waals surface area contributed by atoms with E-state index in [9.17, 15) is 8.78 Å². The first-order valence-electron chi connectivity index (χ1n) is 3.77. The van der Waals surface area contributed by atoms with Crippen molar-refractivity contribution in [3.8, 4) is 0 Å². The number of pyridine rings is 1. The van der Waals surface area contributed by atoms with Gasteiger partial charge in [-0.1, -0.05) is 17.7 Å². The van der Waals surface area contributed by atoms with Gasteiger partial charge in [-0.3, -0.25) is 0 Å². The molecule has 0 fully saturated rings. The number of halogens is 3. The molecule has 0 aliphatic carbocycles.